The first-order valence-corrected chi connectivity index (χ1v) is 8.25. The number of furan rings is 1. The van der Waals surface area contributed by atoms with Crippen LogP contribution in [0.4, 0.5) is 5.69 Å². The quantitative estimate of drug-likeness (QED) is 0.624. The summed E-state index contributed by atoms with van der Waals surface area (Å²) in [4.78, 5) is 12.5. The first-order chi connectivity index (χ1) is 12.0. The van der Waals surface area contributed by atoms with Gasteiger partial charge in [0.2, 0.25) is 0 Å². The molecule has 0 aliphatic rings. The van der Waals surface area contributed by atoms with Crippen molar-refractivity contribution < 1.29 is 13.9 Å². The Kier molecular flexibility index (Phi) is 5.02. The second kappa shape index (κ2) is 7.21. The van der Waals surface area contributed by atoms with E-state index in [4.69, 9.17) is 32.4 Å². The number of rotatable bonds is 4. The summed E-state index contributed by atoms with van der Waals surface area (Å²) in [6.07, 6.45) is 0. The molecule has 2 aromatic carbocycles. The lowest BCUT2D eigenvalue weighted by molar-refractivity contribution is 0.0997. The summed E-state index contributed by atoms with van der Waals surface area (Å²) in [5.74, 6) is 0.862. The van der Waals surface area contributed by atoms with Crippen LogP contribution in [0.15, 0.2) is 52.9 Å². The number of anilines is 1. The number of benzene rings is 2. The topological polar surface area (TPSA) is 51.5 Å². The Hall–Kier alpha value is -2.43. The van der Waals surface area contributed by atoms with E-state index in [1.165, 1.54) is 7.11 Å². The number of hydrogen-bond acceptors (Lipinski definition) is 3. The lowest BCUT2D eigenvalue weighted by Crippen LogP contribution is -2.11. The van der Waals surface area contributed by atoms with Gasteiger partial charge in [0.15, 0.2) is 5.76 Å². The zero-order valence-electron chi connectivity index (χ0n) is 13.6. The highest BCUT2D eigenvalue weighted by molar-refractivity contribution is 6.31. The number of nitrogens with one attached hydrogen (secondary N) is 1. The van der Waals surface area contributed by atoms with Gasteiger partial charge in [-0.1, -0.05) is 35.3 Å². The molecule has 1 aromatic heterocycles. The third kappa shape index (κ3) is 3.65. The molecule has 25 heavy (non-hydrogen) atoms. The van der Waals surface area contributed by atoms with Gasteiger partial charge < -0.3 is 14.5 Å². The van der Waals surface area contributed by atoms with Crippen molar-refractivity contribution in [1.82, 2.24) is 0 Å². The summed E-state index contributed by atoms with van der Waals surface area (Å²) in [5.41, 5.74) is 2.20. The average molecular weight is 376 g/mol. The molecule has 3 aromatic rings. The summed E-state index contributed by atoms with van der Waals surface area (Å²) in [6.45, 7) is 1.90. The molecule has 6 heteroatoms. The van der Waals surface area contributed by atoms with Gasteiger partial charge in [-0.15, -0.1) is 0 Å². The number of amides is 1. The first-order valence-electron chi connectivity index (χ1n) is 7.50. The van der Waals surface area contributed by atoms with Crippen molar-refractivity contribution in [1.29, 1.82) is 0 Å². The fourth-order valence-electron chi connectivity index (χ4n) is 2.44. The molecule has 0 unspecified atom stereocenters. The number of hydrogen-bond donors (Lipinski definition) is 1. The molecule has 0 saturated carbocycles. The number of methoxy groups -OCH3 is 1. The number of ether oxygens (including phenoxy) is 1. The van der Waals surface area contributed by atoms with Gasteiger partial charge in [0, 0.05) is 15.6 Å². The van der Waals surface area contributed by atoms with Crippen LogP contribution in [0.3, 0.4) is 0 Å². The van der Waals surface area contributed by atoms with Crippen LogP contribution in [-0.4, -0.2) is 13.0 Å². The van der Waals surface area contributed by atoms with Crippen LogP contribution < -0.4 is 10.1 Å². The van der Waals surface area contributed by atoms with Gasteiger partial charge in [-0.2, -0.15) is 0 Å². The fraction of sp³-hybridized carbons (Fsp3) is 0.105. The third-order valence-corrected chi connectivity index (χ3v) is 4.42. The summed E-state index contributed by atoms with van der Waals surface area (Å²) in [5, 5.41) is 3.87. The normalized spacial score (nSPS) is 10.6. The van der Waals surface area contributed by atoms with E-state index < -0.39 is 5.91 Å². The molecule has 1 heterocycles. The molecule has 0 atom stereocenters. The SMILES string of the molecule is COc1ccc(Cl)cc1NC(=O)c1ccc(-c2cccc(Cl)c2C)o1. The predicted molar refractivity (Wildman–Crippen MR) is 99.8 cm³/mol. The van der Waals surface area contributed by atoms with E-state index in [-0.39, 0.29) is 5.76 Å². The van der Waals surface area contributed by atoms with Crippen molar-refractivity contribution in [2.75, 3.05) is 12.4 Å². The molecule has 1 amide bonds. The van der Waals surface area contributed by atoms with Crippen LogP contribution in [0.1, 0.15) is 16.1 Å². The van der Waals surface area contributed by atoms with E-state index in [1.807, 2.05) is 25.1 Å². The van der Waals surface area contributed by atoms with Gasteiger partial charge in [-0.05, 0) is 48.9 Å². The van der Waals surface area contributed by atoms with Crippen LogP contribution in [-0.2, 0) is 0 Å². The maximum Gasteiger partial charge on any atom is 0.291 e. The molecule has 0 spiro atoms. The summed E-state index contributed by atoms with van der Waals surface area (Å²) in [6, 6.07) is 13.9. The Morgan fingerprint density at radius 1 is 1.12 bits per heavy atom. The molecule has 3 rings (SSSR count). The molecule has 128 valence electrons. The van der Waals surface area contributed by atoms with Gasteiger partial charge in [-0.25, -0.2) is 0 Å². The summed E-state index contributed by atoms with van der Waals surface area (Å²) >= 11 is 12.1. The minimum Gasteiger partial charge on any atom is -0.495 e. The summed E-state index contributed by atoms with van der Waals surface area (Å²) in [7, 11) is 1.52. The van der Waals surface area contributed by atoms with E-state index in [2.05, 4.69) is 5.32 Å². The maximum absolute atomic E-state index is 12.5. The minimum absolute atomic E-state index is 0.177. The van der Waals surface area contributed by atoms with E-state index in [0.29, 0.717) is 27.2 Å². The zero-order valence-corrected chi connectivity index (χ0v) is 15.1. The van der Waals surface area contributed by atoms with Gasteiger partial charge >= 0.3 is 0 Å². The Labute approximate surface area is 155 Å². The molecule has 1 N–H and O–H groups in total. The van der Waals surface area contributed by atoms with Crippen LogP contribution in [0.5, 0.6) is 5.75 Å². The van der Waals surface area contributed by atoms with Crippen molar-refractivity contribution in [3.8, 4) is 17.1 Å². The van der Waals surface area contributed by atoms with Crippen molar-refractivity contribution in [2.45, 2.75) is 6.92 Å². The fourth-order valence-corrected chi connectivity index (χ4v) is 2.79. The lowest BCUT2D eigenvalue weighted by atomic mass is 10.1. The highest BCUT2D eigenvalue weighted by Crippen LogP contribution is 2.31. The molecular formula is C19H15Cl2NO3. The molecule has 0 aliphatic heterocycles. The van der Waals surface area contributed by atoms with Crippen LogP contribution >= 0.6 is 23.2 Å². The van der Waals surface area contributed by atoms with Crippen molar-refractivity contribution in [3.63, 3.8) is 0 Å². The number of carbonyl (C=O) groups excluding carboxylic acids is 1. The molecule has 4 nitrogen and oxygen atoms in total. The molecule has 0 aliphatic carbocycles. The Morgan fingerprint density at radius 3 is 2.68 bits per heavy atom. The molecule has 0 fully saturated rings. The predicted octanol–water partition coefficient (Wildman–Crippen LogP) is 5.82. The van der Waals surface area contributed by atoms with E-state index in [0.717, 1.165) is 11.1 Å². The highest BCUT2D eigenvalue weighted by atomic mass is 35.5. The Morgan fingerprint density at radius 2 is 1.92 bits per heavy atom. The Bertz CT molecular complexity index is 934. The molecule has 0 bridgehead atoms. The lowest BCUT2D eigenvalue weighted by Gasteiger charge is -2.09. The number of carbonyl (C=O) groups is 1. The van der Waals surface area contributed by atoms with Gasteiger partial charge in [-0.3, -0.25) is 4.79 Å². The van der Waals surface area contributed by atoms with E-state index in [1.54, 1.807) is 30.3 Å². The van der Waals surface area contributed by atoms with Crippen molar-refractivity contribution >= 4 is 34.8 Å². The molecular weight excluding hydrogens is 361 g/mol. The van der Waals surface area contributed by atoms with Crippen LogP contribution in [0, 0.1) is 6.92 Å². The van der Waals surface area contributed by atoms with Crippen molar-refractivity contribution in [2.24, 2.45) is 0 Å². The van der Waals surface area contributed by atoms with Gasteiger partial charge in [0.05, 0.1) is 12.8 Å². The standard InChI is InChI=1S/C19H15Cl2NO3/c1-11-13(4-3-5-14(11)21)16-8-9-18(25-16)19(23)22-15-10-12(20)6-7-17(15)24-2/h3-10H,1-2H3,(H,22,23). The first kappa shape index (κ1) is 17.4. The van der Waals surface area contributed by atoms with E-state index >= 15 is 0 Å². The molecule has 0 saturated heterocycles. The third-order valence-electron chi connectivity index (χ3n) is 3.77. The second-order valence-electron chi connectivity index (χ2n) is 5.38. The van der Waals surface area contributed by atoms with Gasteiger partial charge in [0.1, 0.15) is 11.5 Å². The van der Waals surface area contributed by atoms with Crippen LogP contribution in [0.25, 0.3) is 11.3 Å². The van der Waals surface area contributed by atoms with Crippen molar-refractivity contribution in [3.05, 3.63) is 69.9 Å². The smallest absolute Gasteiger partial charge is 0.291 e. The van der Waals surface area contributed by atoms with Crippen LogP contribution in [0.2, 0.25) is 10.0 Å². The number of halogens is 2. The largest absolute Gasteiger partial charge is 0.495 e. The summed E-state index contributed by atoms with van der Waals surface area (Å²) < 4.78 is 10.9. The second-order valence-corrected chi connectivity index (χ2v) is 6.22. The zero-order chi connectivity index (χ0) is 18.0. The average Bonchev–Trinajstić information content (AvgIpc) is 3.07. The highest BCUT2D eigenvalue weighted by Gasteiger charge is 2.16. The van der Waals surface area contributed by atoms with Gasteiger partial charge in [0.25, 0.3) is 5.91 Å². The Balaban J connectivity index is 1.86. The van der Waals surface area contributed by atoms with E-state index in [9.17, 15) is 4.79 Å². The monoisotopic (exact) mass is 375 g/mol. The minimum atomic E-state index is -0.397. The maximum atomic E-state index is 12.5. The molecule has 0 radical (unpaired) electrons.